The molecule has 1 aromatic rings. The number of likely N-dealkylation sites (N-methyl/N-ethyl adjacent to an activating group) is 1. The summed E-state index contributed by atoms with van der Waals surface area (Å²) in [5.41, 5.74) is 2.73. The predicted molar refractivity (Wildman–Crippen MR) is 85.3 cm³/mol. The number of carbonyl (C=O) groups excluding carboxylic acids is 2. The van der Waals surface area contributed by atoms with Crippen LogP contribution in [0.4, 0.5) is 5.69 Å². The first-order chi connectivity index (χ1) is 9.99. The fourth-order valence-corrected chi connectivity index (χ4v) is 2.01. The van der Waals surface area contributed by atoms with Crippen LogP contribution in [0.15, 0.2) is 18.2 Å². The zero-order valence-corrected chi connectivity index (χ0v) is 13.3. The van der Waals surface area contributed by atoms with Crippen LogP contribution >= 0.6 is 0 Å². The lowest BCUT2D eigenvalue weighted by molar-refractivity contribution is -0.136. The molecule has 5 heteroatoms. The molecule has 1 rings (SSSR count). The molecule has 0 unspecified atom stereocenters. The average Bonchev–Trinajstić information content (AvgIpc) is 2.48. The van der Waals surface area contributed by atoms with Crippen LogP contribution in [-0.4, -0.2) is 42.9 Å². The maximum absolute atomic E-state index is 11.9. The van der Waals surface area contributed by atoms with E-state index in [2.05, 4.69) is 29.4 Å². The second-order valence-corrected chi connectivity index (χ2v) is 4.98. The maximum Gasteiger partial charge on any atom is 0.313 e. The first-order valence-corrected chi connectivity index (χ1v) is 7.37. The lowest BCUT2D eigenvalue weighted by Gasteiger charge is -2.17. The molecule has 21 heavy (non-hydrogen) atoms. The lowest BCUT2D eigenvalue weighted by atomic mass is 10.1. The highest BCUT2D eigenvalue weighted by atomic mass is 16.2. The molecule has 2 amide bonds. The van der Waals surface area contributed by atoms with Gasteiger partial charge in [0, 0.05) is 18.8 Å². The van der Waals surface area contributed by atoms with Crippen molar-refractivity contribution in [2.24, 2.45) is 0 Å². The largest absolute Gasteiger partial charge is 0.347 e. The van der Waals surface area contributed by atoms with E-state index >= 15 is 0 Å². The predicted octanol–water partition coefficient (Wildman–Crippen LogP) is 1.70. The summed E-state index contributed by atoms with van der Waals surface area (Å²) in [4.78, 5) is 25.8. The van der Waals surface area contributed by atoms with E-state index in [-0.39, 0.29) is 0 Å². The number of benzene rings is 1. The fraction of sp³-hybridized carbons (Fsp3) is 0.500. The van der Waals surface area contributed by atoms with E-state index in [0.717, 1.165) is 30.8 Å². The Morgan fingerprint density at radius 2 is 1.76 bits per heavy atom. The highest BCUT2D eigenvalue weighted by molar-refractivity contribution is 6.39. The molecule has 0 aromatic heterocycles. The van der Waals surface area contributed by atoms with Gasteiger partial charge in [-0.1, -0.05) is 26.0 Å². The molecule has 0 radical (unpaired) electrons. The molecule has 0 spiro atoms. The summed E-state index contributed by atoms with van der Waals surface area (Å²) in [6.45, 7) is 11.1. The summed E-state index contributed by atoms with van der Waals surface area (Å²) in [5.74, 6) is -1.22. The Morgan fingerprint density at radius 3 is 2.38 bits per heavy atom. The topological polar surface area (TPSA) is 61.4 Å². The van der Waals surface area contributed by atoms with Crippen LogP contribution in [0.3, 0.4) is 0 Å². The van der Waals surface area contributed by atoms with E-state index in [0.29, 0.717) is 12.2 Å². The SMILES string of the molecule is CCN(CC)CCNC(=O)C(=O)Nc1cccc(C)c1C. The highest BCUT2D eigenvalue weighted by Crippen LogP contribution is 2.17. The number of hydrogen-bond donors (Lipinski definition) is 2. The highest BCUT2D eigenvalue weighted by Gasteiger charge is 2.14. The summed E-state index contributed by atoms with van der Waals surface area (Å²) in [6, 6.07) is 5.62. The number of rotatable bonds is 6. The number of nitrogens with one attached hydrogen (secondary N) is 2. The van der Waals surface area contributed by atoms with E-state index in [4.69, 9.17) is 0 Å². The van der Waals surface area contributed by atoms with E-state index < -0.39 is 11.8 Å². The van der Waals surface area contributed by atoms with Crippen molar-refractivity contribution < 1.29 is 9.59 Å². The molecule has 0 fully saturated rings. The molecule has 0 aliphatic carbocycles. The van der Waals surface area contributed by atoms with Gasteiger partial charge in [-0.2, -0.15) is 0 Å². The quantitative estimate of drug-likeness (QED) is 0.784. The lowest BCUT2D eigenvalue weighted by Crippen LogP contribution is -2.40. The first kappa shape index (κ1) is 17.2. The molecule has 0 aliphatic heterocycles. The Labute approximate surface area is 126 Å². The van der Waals surface area contributed by atoms with Gasteiger partial charge in [-0.05, 0) is 44.1 Å². The van der Waals surface area contributed by atoms with Gasteiger partial charge in [-0.25, -0.2) is 0 Å². The van der Waals surface area contributed by atoms with Crippen molar-refractivity contribution in [3.63, 3.8) is 0 Å². The van der Waals surface area contributed by atoms with Gasteiger partial charge in [0.15, 0.2) is 0 Å². The zero-order chi connectivity index (χ0) is 15.8. The normalized spacial score (nSPS) is 10.5. The van der Waals surface area contributed by atoms with E-state index in [1.165, 1.54) is 0 Å². The van der Waals surface area contributed by atoms with Crippen LogP contribution < -0.4 is 10.6 Å². The molecule has 0 atom stereocenters. The minimum atomic E-state index is -0.622. The Bertz CT molecular complexity index is 496. The molecule has 0 aliphatic rings. The number of carbonyl (C=O) groups is 2. The van der Waals surface area contributed by atoms with Gasteiger partial charge in [0.1, 0.15) is 0 Å². The monoisotopic (exact) mass is 291 g/mol. The van der Waals surface area contributed by atoms with Gasteiger partial charge in [0.2, 0.25) is 0 Å². The Balaban J connectivity index is 2.48. The van der Waals surface area contributed by atoms with Crippen LogP contribution in [0, 0.1) is 13.8 Å². The van der Waals surface area contributed by atoms with Crippen molar-refractivity contribution in [3.8, 4) is 0 Å². The minimum Gasteiger partial charge on any atom is -0.347 e. The van der Waals surface area contributed by atoms with E-state index in [1.807, 2.05) is 26.0 Å². The number of aryl methyl sites for hydroxylation is 1. The second kappa shape index (κ2) is 8.42. The molecule has 2 N–H and O–H groups in total. The molecule has 116 valence electrons. The van der Waals surface area contributed by atoms with Gasteiger partial charge in [0.05, 0.1) is 0 Å². The Hall–Kier alpha value is -1.88. The van der Waals surface area contributed by atoms with E-state index in [9.17, 15) is 9.59 Å². The number of hydrogen-bond acceptors (Lipinski definition) is 3. The minimum absolute atomic E-state index is 0.473. The van der Waals surface area contributed by atoms with Gasteiger partial charge in [0.25, 0.3) is 0 Å². The van der Waals surface area contributed by atoms with E-state index in [1.54, 1.807) is 6.07 Å². The number of amides is 2. The first-order valence-electron chi connectivity index (χ1n) is 7.37. The molecule has 0 saturated carbocycles. The Kier molecular flexibility index (Phi) is 6.88. The third kappa shape index (κ3) is 5.19. The summed E-state index contributed by atoms with van der Waals surface area (Å²) < 4.78 is 0. The smallest absolute Gasteiger partial charge is 0.313 e. The van der Waals surface area contributed by atoms with Crippen molar-refractivity contribution in [1.82, 2.24) is 10.2 Å². The van der Waals surface area contributed by atoms with Crippen molar-refractivity contribution in [2.45, 2.75) is 27.7 Å². The molecule has 0 saturated heterocycles. The fourth-order valence-electron chi connectivity index (χ4n) is 2.01. The van der Waals surface area contributed by atoms with Crippen molar-refractivity contribution in [3.05, 3.63) is 29.3 Å². The third-order valence-corrected chi connectivity index (χ3v) is 3.67. The van der Waals surface area contributed by atoms with Gasteiger partial charge in [-0.3, -0.25) is 9.59 Å². The zero-order valence-electron chi connectivity index (χ0n) is 13.3. The van der Waals surface area contributed by atoms with Crippen molar-refractivity contribution in [1.29, 1.82) is 0 Å². The average molecular weight is 291 g/mol. The van der Waals surface area contributed by atoms with Gasteiger partial charge in [-0.15, -0.1) is 0 Å². The molecule has 5 nitrogen and oxygen atoms in total. The number of nitrogens with zero attached hydrogens (tertiary/aromatic N) is 1. The Morgan fingerprint density at radius 1 is 1.10 bits per heavy atom. The third-order valence-electron chi connectivity index (χ3n) is 3.67. The van der Waals surface area contributed by atoms with Crippen LogP contribution in [0.1, 0.15) is 25.0 Å². The van der Waals surface area contributed by atoms with Crippen LogP contribution in [0.25, 0.3) is 0 Å². The summed E-state index contributed by atoms with van der Waals surface area (Å²) in [7, 11) is 0. The standard InChI is InChI=1S/C16H25N3O2/c1-5-19(6-2)11-10-17-15(20)16(21)18-14-9-7-8-12(3)13(14)4/h7-9H,5-6,10-11H2,1-4H3,(H,17,20)(H,18,21). The molecule has 1 aromatic carbocycles. The van der Waals surface area contributed by atoms with Crippen molar-refractivity contribution in [2.75, 3.05) is 31.5 Å². The summed E-state index contributed by atoms with van der Waals surface area (Å²) in [5, 5.41) is 5.30. The van der Waals surface area contributed by atoms with Crippen LogP contribution in [0.2, 0.25) is 0 Å². The second-order valence-electron chi connectivity index (χ2n) is 4.98. The van der Waals surface area contributed by atoms with Gasteiger partial charge < -0.3 is 15.5 Å². The van der Waals surface area contributed by atoms with Crippen molar-refractivity contribution >= 4 is 17.5 Å². The molecule has 0 bridgehead atoms. The van der Waals surface area contributed by atoms with Gasteiger partial charge >= 0.3 is 11.8 Å². The molecular formula is C16H25N3O2. The molecular weight excluding hydrogens is 266 g/mol. The molecule has 0 heterocycles. The summed E-state index contributed by atoms with van der Waals surface area (Å²) >= 11 is 0. The number of anilines is 1. The van der Waals surface area contributed by atoms with Crippen LogP contribution in [-0.2, 0) is 9.59 Å². The summed E-state index contributed by atoms with van der Waals surface area (Å²) in [6.07, 6.45) is 0. The van der Waals surface area contributed by atoms with Crippen LogP contribution in [0.5, 0.6) is 0 Å². The maximum atomic E-state index is 11.9.